The van der Waals surface area contributed by atoms with Gasteiger partial charge in [0.1, 0.15) is 0 Å². The third-order valence-corrected chi connectivity index (χ3v) is 5.38. The average molecular weight is 285 g/mol. The summed E-state index contributed by atoms with van der Waals surface area (Å²) >= 11 is 1.62. The van der Waals surface area contributed by atoms with E-state index in [2.05, 4.69) is 37.4 Å². The van der Waals surface area contributed by atoms with Crippen molar-refractivity contribution in [2.45, 2.75) is 39.2 Å². The summed E-state index contributed by atoms with van der Waals surface area (Å²) in [5, 5.41) is 3.19. The first kappa shape index (κ1) is 13.4. The highest BCUT2D eigenvalue weighted by Crippen LogP contribution is 2.31. The zero-order valence-electron chi connectivity index (χ0n) is 11.9. The van der Waals surface area contributed by atoms with E-state index in [4.69, 9.17) is 0 Å². The molecule has 1 aliphatic carbocycles. The fraction of sp³-hybridized carbons (Fsp3) is 0.353. The van der Waals surface area contributed by atoms with Crippen LogP contribution in [0.15, 0.2) is 30.3 Å². The highest BCUT2D eigenvalue weighted by Gasteiger charge is 2.24. The molecule has 20 heavy (non-hydrogen) atoms. The maximum absolute atomic E-state index is 12.4. The van der Waals surface area contributed by atoms with E-state index in [9.17, 15) is 4.79 Å². The minimum absolute atomic E-state index is 0.0690. The van der Waals surface area contributed by atoms with Crippen molar-refractivity contribution in [1.82, 2.24) is 5.32 Å². The Morgan fingerprint density at radius 2 is 2.20 bits per heavy atom. The molecule has 0 radical (unpaired) electrons. The zero-order valence-corrected chi connectivity index (χ0v) is 12.7. The molecular weight excluding hydrogens is 266 g/mol. The lowest BCUT2D eigenvalue weighted by atomic mass is 10.1. The van der Waals surface area contributed by atoms with Crippen molar-refractivity contribution in [3.8, 4) is 0 Å². The van der Waals surface area contributed by atoms with Crippen LogP contribution in [0.25, 0.3) is 0 Å². The second-order valence-corrected chi connectivity index (χ2v) is 6.47. The molecule has 0 saturated carbocycles. The molecule has 1 heterocycles. The van der Waals surface area contributed by atoms with Crippen LogP contribution < -0.4 is 5.32 Å². The van der Waals surface area contributed by atoms with Gasteiger partial charge >= 0.3 is 0 Å². The number of amides is 1. The molecule has 1 amide bonds. The van der Waals surface area contributed by atoms with E-state index < -0.39 is 0 Å². The number of carbonyl (C=O) groups excluding carboxylic acids is 1. The topological polar surface area (TPSA) is 29.1 Å². The van der Waals surface area contributed by atoms with Crippen molar-refractivity contribution in [2.24, 2.45) is 0 Å². The molecule has 1 atom stereocenters. The first-order valence-corrected chi connectivity index (χ1v) is 7.98. The Balaban J connectivity index is 1.77. The van der Waals surface area contributed by atoms with Crippen molar-refractivity contribution in [3.05, 3.63) is 56.8 Å². The molecule has 0 fully saturated rings. The van der Waals surface area contributed by atoms with Crippen molar-refractivity contribution >= 4 is 17.2 Å². The average Bonchev–Trinajstić information content (AvgIpc) is 3.03. The second kappa shape index (κ2) is 5.41. The molecule has 1 unspecified atom stereocenters. The van der Waals surface area contributed by atoms with E-state index in [1.165, 1.54) is 21.6 Å². The largest absolute Gasteiger partial charge is 0.345 e. The monoisotopic (exact) mass is 285 g/mol. The van der Waals surface area contributed by atoms with Crippen LogP contribution in [0.3, 0.4) is 0 Å². The first-order valence-electron chi connectivity index (χ1n) is 7.17. The van der Waals surface area contributed by atoms with Crippen molar-refractivity contribution < 1.29 is 4.79 Å². The van der Waals surface area contributed by atoms with Crippen LogP contribution in [-0.4, -0.2) is 5.91 Å². The SMILES string of the molecule is CCc1sc(C(=O)NC2CCc3ccccc32)cc1C. The molecule has 3 heteroatoms. The Kier molecular flexibility index (Phi) is 3.62. The predicted octanol–water partition coefficient (Wildman–Crippen LogP) is 4.04. The fourth-order valence-electron chi connectivity index (χ4n) is 2.92. The predicted molar refractivity (Wildman–Crippen MR) is 83.4 cm³/mol. The standard InChI is InChI=1S/C17H19NOS/c1-3-15-11(2)10-16(20-15)17(19)18-14-9-8-12-6-4-5-7-13(12)14/h4-7,10,14H,3,8-9H2,1-2H3,(H,18,19). The summed E-state index contributed by atoms with van der Waals surface area (Å²) in [5.74, 6) is 0.0690. The van der Waals surface area contributed by atoms with E-state index in [0.29, 0.717) is 0 Å². The first-order chi connectivity index (χ1) is 9.69. The van der Waals surface area contributed by atoms with Gasteiger partial charge in [-0.3, -0.25) is 4.79 Å². The van der Waals surface area contributed by atoms with Gasteiger partial charge in [-0.1, -0.05) is 31.2 Å². The van der Waals surface area contributed by atoms with Crippen molar-refractivity contribution in [3.63, 3.8) is 0 Å². The number of hydrogen-bond acceptors (Lipinski definition) is 2. The number of aryl methyl sites for hydroxylation is 3. The summed E-state index contributed by atoms with van der Waals surface area (Å²) in [5.41, 5.74) is 3.88. The van der Waals surface area contributed by atoms with E-state index in [1.54, 1.807) is 11.3 Å². The maximum Gasteiger partial charge on any atom is 0.261 e. The highest BCUT2D eigenvalue weighted by molar-refractivity contribution is 7.14. The van der Waals surface area contributed by atoms with Crippen LogP contribution in [0.1, 0.15) is 50.6 Å². The third-order valence-electron chi connectivity index (χ3n) is 4.00. The van der Waals surface area contributed by atoms with E-state index in [-0.39, 0.29) is 11.9 Å². The van der Waals surface area contributed by atoms with Crippen LogP contribution in [-0.2, 0) is 12.8 Å². The van der Waals surface area contributed by atoms with Gasteiger partial charge in [0, 0.05) is 4.88 Å². The number of carbonyl (C=O) groups is 1. The lowest BCUT2D eigenvalue weighted by Gasteiger charge is -2.13. The van der Waals surface area contributed by atoms with E-state index in [0.717, 1.165) is 24.1 Å². The van der Waals surface area contributed by atoms with Crippen LogP contribution in [0, 0.1) is 6.92 Å². The normalized spacial score (nSPS) is 17.0. The molecule has 1 aliphatic rings. The van der Waals surface area contributed by atoms with Crippen molar-refractivity contribution in [1.29, 1.82) is 0 Å². The lowest BCUT2D eigenvalue weighted by Crippen LogP contribution is -2.26. The van der Waals surface area contributed by atoms with Crippen LogP contribution >= 0.6 is 11.3 Å². The minimum Gasteiger partial charge on any atom is -0.345 e. The van der Waals surface area contributed by atoms with Gasteiger partial charge in [0.25, 0.3) is 5.91 Å². The summed E-state index contributed by atoms with van der Waals surface area (Å²) in [7, 11) is 0. The van der Waals surface area contributed by atoms with E-state index in [1.807, 2.05) is 12.1 Å². The Morgan fingerprint density at radius 3 is 2.95 bits per heavy atom. The molecule has 1 aromatic heterocycles. The molecule has 1 N–H and O–H groups in total. The van der Waals surface area contributed by atoms with Gasteiger partial charge in [0.2, 0.25) is 0 Å². The third kappa shape index (κ3) is 2.38. The Hall–Kier alpha value is -1.61. The maximum atomic E-state index is 12.4. The smallest absolute Gasteiger partial charge is 0.261 e. The van der Waals surface area contributed by atoms with Gasteiger partial charge in [-0.25, -0.2) is 0 Å². The molecule has 1 aromatic carbocycles. The Bertz CT molecular complexity index is 644. The van der Waals surface area contributed by atoms with Crippen LogP contribution in [0.4, 0.5) is 0 Å². The number of rotatable bonds is 3. The number of nitrogens with one attached hydrogen (secondary N) is 1. The number of hydrogen-bond donors (Lipinski definition) is 1. The molecule has 2 aromatic rings. The van der Waals surface area contributed by atoms with Gasteiger partial charge in [-0.15, -0.1) is 11.3 Å². The van der Waals surface area contributed by atoms with Gasteiger partial charge in [-0.2, -0.15) is 0 Å². The minimum atomic E-state index is 0.0690. The molecule has 0 spiro atoms. The fourth-order valence-corrected chi connectivity index (χ4v) is 3.94. The molecule has 0 aliphatic heterocycles. The summed E-state index contributed by atoms with van der Waals surface area (Å²) in [6.45, 7) is 4.21. The molecule has 2 nitrogen and oxygen atoms in total. The van der Waals surface area contributed by atoms with Gasteiger partial charge in [0.15, 0.2) is 0 Å². The Morgan fingerprint density at radius 1 is 1.40 bits per heavy atom. The summed E-state index contributed by atoms with van der Waals surface area (Å²) < 4.78 is 0. The lowest BCUT2D eigenvalue weighted by molar-refractivity contribution is 0.0941. The van der Waals surface area contributed by atoms with Crippen LogP contribution in [0.5, 0.6) is 0 Å². The molecule has 0 bridgehead atoms. The summed E-state index contributed by atoms with van der Waals surface area (Å²) in [4.78, 5) is 14.5. The van der Waals surface area contributed by atoms with Gasteiger partial charge in [-0.05, 0) is 48.9 Å². The molecule has 3 rings (SSSR count). The highest BCUT2D eigenvalue weighted by atomic mass is 32.1. The summed E-state index contributed by atoms with van der Waals surface area (Å²) in [6, 6.07) is 10.6. The summed E-state index contributed by atoms with van der Waals surface area (Å²) in [6.07, 6.45) is 3.07. The number of fused-ring (bicyclic) bond motifs is 1. The number of thiophene rings is 1. The Labute approximate surface area is 123 Å². The molecule has 104 valence electrons. The second-order valence-electron chi connectivity index (χ2n) is 5.33. The van der Waals surface area contributed by atoms with Crippen molar-refractivity contribution in [2.75, 3.05) is 0 Å². The molecular formula is C17H19NOS. The van der Waals surface area contributed by atoms with Gasteiger partial charge in [0.05, 0.1) is 10.9 Å². The number of benzene rings is 1. The van der Waals surface area contributed by atoms with Gasteiger partial charge < -0.3 is 5.32 Å². The zero-order chi connectivity index (χ0) is 14.1. The quantitative estimate of drug-likeness (QED) is 0.906. The molecule has 0 saturated heterocycles. The van der Waals surface area contributed by atoms with Crippen LogP contribution in [0.2, 0.25) is 0 Å². The van der Waals surface area contributed by atoms with E-state index >= 15 is 0 Å².